The summed E-state index contributed by atoms with van der Waals surface area (Å²) in [6.45, 7) is 1.89. The molecule has 0 unspecified atom stereocenters. The van der Waals surface area contributed by atoms with E-state index in [4.69, 9.17) is 16.7 Å². The van der Waals surface area contributed by atoms with Crippen molar-refractivity contribution in [3.63, 3.8) is 0 Å². The number of anilines is 1. The van der Waals surface area contributed by atoms with Crippen molar-refractivity contribution in [1.82, 2.24) is 9.78 Å². The SMILES string of the molecule is CCc1nn(C)cc1C(=O)Nc1c(Cl)cccc1C(=O)O. The lowest BCUT2D eigenvalue weighted by Crippen LogP contribution is -2.16. The fraction of sp³-hybridized carbons (Fsp3) is 0.214. The molecule has 110 valence electrons. The maximum atomic E-state index is 12.3. The summed E-state index contributed by atoms with van der Waals surface area (Å²) in [5.74, 6) is -1.59. The van der Waals surface area contributed by atoms with E-state index in [-0.39, 0.29) is 16.3 Å². The standard InChI is InChI=1S/C14H14ClN3O3/c1-3-11-9(7-18(2)17-11)13(19)16-12-8(14(20)21)5-4-6-10(12)15/h4-7H,3H2,1-2H3,(H,16,19)(H,20,21). The first-order valence-corrected chi connectivity index (χ1v) is 6.67. The number of carboxylic acid groups (broad SMARTS) is 1. The summed E-state index contributed by atoms with van der Waals surface area (Å²) in [6, 6.07) is 4.42. The first kappa shape index (κ1) is 15.1. The maximum absolute atomic E-state index is 12.3. The van der Waals surface area contributed by atoms with Crippen molar-refractivity contribution < 1.29 is 14.7 Å². The van der Waals surface area contributed by atoms with E-state index in [1.807, 2.05) is 6.92 Å². The van der Waals surface area contributed by atoms with Crippen LogP contribution in [0.2, 0.25) is 5.02 Å². The molecule has 0 aliphatic heterocycles. The molecular weight excluding hydrogens is 294 g/mol. The van der Waals surface area contributed by atoms with Crippen LogP contribution < -0.4 is 5.32 Å². The Labute approximate surface area is 126 Å². The number of aromatic nitrogens is 2. The van der Waals surface area contributed by atoms with Gasteiger partial charge in [0.1, 0.15) is 0 Å². The number of carbonyl (C=O) groups is 2. The minimum Gasteiger partial charge on any atom is -0.478 e. The van der Waals surface area contributed by atoms with Crippen LogP contribution in [0.5, 0.6) is 0 Å². The Bertz CT molecular complexity index is 709. The molecule has 2 rings (SSSR count). The lowest BCUT2D eigenvalue weighted by atomic mass is 10.1. The van der Waals surface area contributed by atoms with Gasteiger partial charge in [0.2, 0.25) is 0 Å². The summed E-state index contributed by atoms with van der Waals surface area (Å²) < 4.78 is 1.54. The van der Waals surface area contributed by atoms with Gasteiger partial charge in [0, 0.05) is 13.2 Å². The summed E-state index contributed by atoms with van der Waals surface area (Å²) in [5, 5.41) is 16.1. The first-order valence-electron chi connectivity index (χ1n) is 6.29. The Kier molecular flexibility index (Phi) is 4.28. The van der Waals surface area contributed by atoms with Gasteiger partial charge >= 0.3 is 5.97 Å². The van der Waals surface area contributed by atoms with Gasteiger partial charge in [-0.1, -0.05) is 24.6 Å². The topological polar surface area (TPSA) is 84.2 Å². The molecule has 7 heteroatoms. The molecular formula is C14H14ClN3O3. The zero-order valence-corrected chi connectivity index (χ0v) is 12.3. The number of hydrogen-bond donors (Lipinski definition) is 2. The number of carboxylic acids is 1. The van der Waals surface area contributed by atoms with Crippen molar-refractivity contribution in [3.05, 3.63) is 46.2 Å². The van der Waals surface area contributed by atoms with Crippen LogP contribution in [0, 0.1) is 0 Å². The number of halogens is 1. The predicted octanol–water partition coefficient (Wildman–Crippen LogP) is 2.59. The highest BCUT2D eigenvalue weighted by Crippen LogP contribution is 2.27. The molecule has 1 aromatic heterocycles. The Balaban J connectivity index is 2.38. The number of carbonyl (C=O) groups excluding carboxylic acids is 1. The average Bonchev–Trinajstić information content (AvgIpc) is 2.82. The van der Waals surface area contributed by atoms with E-state index in [0.29, 0.717) is 17.7 Å². The summed E-state index contributed by atoms with van der Waals surface area (Å²) in [5.41, 5.74) is 1.07. The van der Waals surface area contributed by atoms with Gasteiger partial charge in [-0.3, -0.25) is 9.48 Å². The fourth-order valence-corrected chi connectivity index (χ4v) is 2.22. The number of hydrogen-bond acceptors (Lipinski definition) is 3. The van der Waals surface area contributed by atoms with Gasteiger partial charge in [-0.2, -0.15) is 5.10 Å². The summed E-state index contributed by atoms with van der Waals surface area (Å²) in [4.78, 5) is 23.5. The predicted molar refractivity (Wildman–Crippen MR) is 79.0 cm³/mol. The number of rotatable bonds is 4. The highest BCUT2D eigenvalue weighted by molar-refractivity contribution is 6.34. The summed E-state index contributed by atoms with van der Waals surface area (Å²) in [6.07, 6.45) is 2.18. The van der Waals surface area contributed by atoms with Crippen LogP contribution in [0.4, 0.5) is 5.69 Å². The minimum absolute atomic E-state index is 0.0576. The highest BCUT2D eigenvalue weighted by Gasteiger charge is 2.19. The van der Waals surface area contributed by atoms with E-state index in [2.05, 4.69) is 10.4 Å². The second kappa shape index (κ2) is 5.97. The molecule has 2 aromatic rings. The Hall–Kier alpha value is -2.34. The highest BCUT2D eigenvalue weighted by atomic mass is 35.5. The Morgan fingerprint density at radius 1 is 1.38 bits per heavy atom. The van der Waals surface area contributed by atoms with Gasteiger partial charge in [0.05, 0.1) is 27.5 Å². The normalized spacial score (nSPS) is 10.4. The van der Waals surface area contributed by atoms with Gasteiger partial charge in [-0.05, 0) is 18.6 Å². The van der Waals surface area contributed by atoms with E-state index in [1.165, 1.54) is 18.2 Å². The van der Waals surface area contributed by atoms with E-state index in [9.17, 15) is 9.59 Å². The van der Waals surface area contributed by atoms with Gasteiger partial charge in [-0.25, -0.2) is 4.79 Å². The number of amides is 1. The number of nitrogens with zero attached hydrogens (tertiary/aromatic N) is 2. The second-order valence-electron chi connectivity index (χ2n) is 4.44. The van der Waals surface area contributed by atoms with Crippen molar-refractivity contribution in [2.45, 2.75) is 13.3 Å². The number of benzene rings is 1. The van der Waals surface area contributed by atoms with Gasteiger partial charge in [0.15, 0.2) is 0 Å². The molecule has 0 bridgehead atoms. The number of nitrogens with one attached hydrogen (secondary N) is 1. The van der Waals surface area contributed by atoms with Crippen LogP contribution >= 0.6 is 11.6 Å². The molecule has 0 aliphatic carbocycles. The molecule has 0 atom stereocenters. The molecule has 1 aromatic carbocycles. The molecule has 1 heterocycles. The van der Waals surface area contributed by atoms with E-state index in [0.717, 1.165) is 0 Å². The van der Waals surface area contributed by atoms with Crippen LogP contribution in [0.3, 0.4) is 0 Å². The van der Waals surface area contributed by atoms with Crippen LogP contribution in [-0.4, -0.2) is 26.8 Å². The van der Waals surface area contributed by atoms with Crippen LogP contribution in [0.1, 0.15) is 33.3 Å². The smallest absolute Gasteiger partial charge is 0.337 e. The first-order chi connectivity index (χ1) is 9.93. The van der Waals surface area contributed by atoms with Crippen molar-refractivity contribution in [2.75, 3.05) is 5.32 Å². The number of para-hydroxylation sites is 1. The largest absolute Gasteiger partial charge is 0.478 e. The van der Waals surface area contributed by atoms with Crippen molar-refractivity contribution in [3.8, 4) is 0 Å². The van der Waals surface area contributed by atoms with Crippen molar-refractivity contribution in [2.24, 2.45) is 7.05 Å². The van der Waals surface area contributed by atoms with Gasteiger partial charge in [0.25, 0.3) is 5.91 Å². The average molecular weight is 308 g/mol. The fourth-order valence-electron chi connectivity index (χ4n) is 2.00. The lowest BCUT2D eigenvalue weighted by molar-refractivity contribution is 0.0698. The third kappa shape index (κ3) is 3.05. The van der Waals surface area contributed by atoms with Crippen molar-refractivity contribution in [1.29, 1.82) is 0 Å². The summed E-state index contributed by atoms with van der Waals surface area (Å²) in [7, 11) is 1.72. The van der Waals surface area contributed by atoms with Gasteiger partial charge < -0.3 is 10.4 Å². The molecule has 0 radical (unpaired) electrons. The molecule has 0 spiro atoms. The molecule has 0 saturated heterocycles. The molecule has 21 heavy (non-hydrogen) atoms. The molecule has 2 N–H and O–H groups in total. The molecule has 1 amide bonds. The van der Waals surface area contributed by atoms with E-state index < -0.39 is 11.9 Å². The molecule has 6 nitrogen and oxygen atoms in total. The van der Waals surface area contributed by atoms with Gasteiger partial charge in [-0.15, -0.1) is 0 Å². The van der Waals surface area contributed by atoms with Crippen LogP contribution in [0.25, 0.3) is 0 Å². The monoisotopic (exact) mass is 307 g/mol. The van der Waals surface area contributed by atoms with E-state index in [1.54, 1.807) is 17.9 Å². The third-order valence-corrected chi connectivity index (χ3v) is 3.28. The van der Waals surface area contributed by atoms with Crippen molar-refractivity contribution >= 4 is 29.2 Å². The zero-order valence-electron chi connectivity index (χ0n) is 11.6. The van der Waals surface area contributed by atoms with E-state index >= 15 is 0 Å². The molecule has 0 saturated carbocycles. The van der Waals surface area contributed by atoms with Crippen LogP contribution in [0.15, 0.2) is 24.4 Å². The molecule has 0 fully saturated rings. The third-order valence-electron chi connectivity index (χ3n) is 2.97. The quantitative estimate of drug-likeness (QED) is 0.909. The minimum atomic E-state index is -1.16. The lowest BCUT2D eigenvalue weighted by Gasteiger charge is -2.10. The zero-order chi connectivity index (χ0) is 15.6. The second-order valence-corrected chi connectivity index (χ2v) is 4.85. The number of aromatic carboxylic acids is 1. The maximum Gasteiger partial charge on any atom is 0.337 e. The Morgan fingerprint density at radius 3 is 2.71 bits per heavy atom. The number of aryl methyl sites for hydroxylation is 2. The van der Waals surface area contributed by atoms with Crippen LogP contribution in [-0.2, 0) is 13.5 Å². The summed E-state index contributed by atoms with van der Waals surface area (Å²) >= 11 is 5.98. The Morgan fingerprint density at radius 2 is 2.10 bits per heavy atom. The molecule has 0 aliphatic rings.